The molecule has 0 saturated heterocycles. The lowest BCUT2D eigenvalue weighted by Gasteiger charge is -2.28. The van der Waals surface area contributed by atoms with Crippen molar-refractivity contribution in [3.63, 3.8) is 0 Å². The summed E-state index contributed by atoms with van der Waals surface area (Å²) < 4.78 is 11.3. The number of aryl methyl sites for hydroxylation is 1. The van der Waals surface area contributed by atoms with Crippen LogP contribution in [0.3, 0.4) is 0 Å². The molecule has 16 heavy (non-hydrogen) atoms. The number of hydrogen-bond donors (Lipinski definition) is 4. The second kappa shape index (κ2) is 4.65. The van der Waals surface area contributed by atoms with E-state index < -0.39 is 19.5 Å². The predicted molar refractivity (Wildman–Crippen MR) is 60.8 cm³/mol. The van der Waals surface area contributed by atoms with Crippen LogP contribution < -0.4 is 5.73 Å². The zero-order valence-electron chi connectivity index (χ0n) is 9.00. The van der Waals surface area contributed by atoms with Gasteiger partial charge in [0.1, 0.15) is 0 Å². The van der Waals surface area contributed by atoms with Gasteiger partial charge in [0.05, 0.1) is 6.61 Å². The summed E-state index contributed by atoms with van der Waals surface area (Å²) in [4.78, 5) is 18.4. The van der Waals surface area contributed by atoms with Crippen LogP contribution in [0.5, 0.6) is 0 Å². The van der Waals surface area contributed by atoms with E-state index in [9.17, 15) is 14.4 Å². The highest BCUT2D eigenvalue weighted by Crippen LogP contribution is 2.53. The van der Waals surface area contributed by atoms with E-state index in [0.29, 0.717) is 0 Å². The Bertz CT molecular complexity index is 417. The number of nitrogens with two attached hydrogens (primary N) is 1. The summed E-state index contributed by atoms with van der Waals surface area (Å²) in [6.07, 6.45) is 0.733. The van der Waals surface area contributed by atoms with Crippen molar-refractivity contribution in [1.82, 2.24) is 0 Å². The molecule has 1 rings (SSSR count). The fourth-order valence-corrected chi connectivity index (χ4v) is 2.07. The van der Waals surface area contributed by atoms with E-state index >= 15 is 0 Å². The molecule has 0 amide bonds. The van der Waals surface area contributed by atoms with Crippen molar-refractivity contribution in [2.24, 2.45) is 5.73 Å². The summed E-state index contributed by atoms with van der Waals surface area (Å²) in [6.45, 7) is 1.12. The van der Waals surface area contributed by atoms with Gasteiger partial charge >= 0.3 is 7.60 Å². The van der Waals surface area contributed by atoms with Crippen LogP contribution in [-0.2, 0) is 16.3 Å². The van der Waals surface area contributed by atoms with Gasteiger partial charge in [0, 0.05) is 0 Å². The molecule has 1 unspecified atom stereocenters. The van der Waals surface area contributed by atoms with Crippen LogP contribution in [0.2, 0.25) is 0 Å². The first-order valence-corrected chi connectivity index (χ1v) is 6.51. The van der Waals surface area contributed by atoms with Gasteiger partial charge in [-0.15, -0.1) is 0 Å². The Kier molecular flexibility index (Phi) is 3.88. The van der Waals surface area contributed by atoms with Gasteiger partial charge in [-0.3, -0.25) is 4.57 Å². The molecule has 1 atom stereocenters. The molecule has 0 aliphatic carbocycles. The monoisotopic (exact) mass is 245 g/mol. The molecule has 0 aliphatic rings. The second-order valence-electron chi connectivity index (χ2n) is 3.68. The first-order valence-electron chi connectivity index (χ1n) is 4.90. The van der Waals surface area contributed by atoms with Gasteiger partial charge in [-0.25, -0.2) is 0 Å². The zero-order valence-corrected chi connectivity index (χ0v) is 9.89. The molecule has 0 fully saturated rings. The van der Waals surface area contributed by atoms with E-state index in [1.165, 1.54) is 6.07 Å². The molecule has 5 N–H and O–H groups in total. The molecular formula is C10H16NO4P. The highest BCUT2D eigenvalue weighted by Gasteiger charge is 2.44. The maximum Gasteiger partial charge on any atom is 0.352 e. The normalized spacial score (nSPS) is 15.8. The maximum atomic E-state index is 11.3. The Morgan fingerprint density at radius 3 is 2.50 bits per heavy atom. The van der Waals surface area contributed by atoms with Crippen LogP contribution >= 0.6 is 7.60 Å². The molecule has 0 spiro atoms. The molecular weight excluding hydrogens is 229 g/mol. The SMILES string of the molecule is CCc1cccc(C(N)(CO)P(=O)(O)O)c1. The van der Waals surface area contributed by atoms with E-state index in [1.54, 1.807) is 12.1 Å². The average molecular weight is 245 g/mol. The molecule has 0 aromatic heterocycles. The Morgan fingerprint density at radius 1 is 1.44 bits per heavy atom. The largest absolute Gasteiger partial charge is 0.393 e. The lowest BCUT2D eigenvalue weighted by molar-refractivity contribution is 0.213. The highest BCUT2D eigenvalue weighted by molar-refractivity contribution is 7.53. The fourth-order valence-electron chi connectivity index (χ4n) is 1.41. The van der Waals surface area contributed by atoms with Gasteiger partial charge in [0.2, 0.25) is 0 Å². The van der Waals surface area contributed by atoms with Gasteiger partial charge in [-0.2, -0.15) is 0 Å². The lowest BCUT2D eigenvalue weighted by Crippen LogP contribution is -2.40. The Balaban J connectivity index is 3.28. The number of aliphatic hydroxyl groups is 1. The minimum atomic E-state index is -4.61. The topological polar surface area (TPSA) is 104 Å². The molecule has 0 aliphatic heterocycles. The molecule has 1 aromatic rings. The molecule has 0 radical (unpaired) electrons. The first-order chi connectivity index (χ1) is 7.35. The smallest absolute Gasteiger partial charge is 0.352 e. The third kappa shape index (κ3) is 2.34. The summed E-state index contributed by atoms with van der Waals surface area (Å²) in [7, 11) is -4.61. The first kappa shape index (κ1) is 13.4. The quantitative estimate of drug-likeness (QED) is 0.579. The van der Waals surface area contributed by atoms with Crippen LogP contribution in [0.15, 0.2) is 24.3 Å². The van der Waals surface area contributed by atoms with Crippen molar-refractivity contribution < 1.29 is 19.5 Å². The minimum absolute atomic E-state index is 0.252. The van der Waals surface area contributed by atoms with Crippen molar-refractivity contribution in [1.29, 1.82) is 0 Å². The maximum absolute atomic E-state index is 11.3. The van der Waals surface area contributed by atoms with Crippen molar-refractivity contribution in [3.05, 3.63) is 35.4 Å². The van der Waals surface area contributed by atoms with E-state index in [4.69, 9.17) is 10.8 Å². The lowest BCUT2D eigenvalue weighted by atomic mass is 10.0. The molecule has 6 heteroatoms. The van der Waals surface area contributed by atoms with Crippen LogP contribution in [0.1, 0.15) is 18.1 Å². The fraction of sp³-hybridized carbons (Fsp3) is 0.400. The van der Waals surface area contributed by atoms with Crippen molar-refractivity contribution >= 4 is 7.60 Å². The molecule has 90 valence electrons. The average Bonchev–Trinajstić information content (AvgIpc) is 2.26. The molecule has 0 heterocycles. The van der Waals surface area contributed by atoms with Gasteiger partial charge in [0.25, 0.3) is 0 Å². The van der Waals surface area contributed by atoms with Crippen LogP contribution in [0, 0.1) is 0 Å². The highest BCUT2D eigenvalue weighted by atomic mass is 31.2. The molecule has 0 bridgehead atoms. The summed E-state index contributed by atoms with van der Waals surface area (Å²) >= 11 is 0. The second-order valence-corrected chi connectivity index (χ2v) is 5.57. The standard InChI is InChI=1S/C10H16NO4P/c1-2-8-4-3-5-9(6-8)10(11,7-12)16(13,14)15/h3-6,12H,2,7,11H2,1H3,(H2,13,14,15). The Hall–Kier alpha value is -0.710. The molecule has 0 saturated carbocycles. The third-order valence-electron chi connectivity index (χ3n) is 2.60. The van der Waals surface area contributed by atoms with E-state index in [0.717, 1.165) is 12.0 Å². The van der Waals surface area contributed by atoms with Gasteiger partial charge < -0.3 is 20.6 Å². The van der Waals surface area contributed by atoms with Crippen molar-refractivity contribution in [2.45, 2.75) is 18.6 Å². The van der Waals surface area contributed by atoms with Crippen molar-refractivity contribution in [3.8, 4) is 0 Å². The predicted octanol–water partition coefficient (Wildman–Crippen LogP) is 0.530. The van der Waals surface area contributed by atoms with Crippen LogP contribution in [0.25, 0.3) is 0 Å². The zero-order chi connectivity index (χ0) is 12.4. The van der Waals surface area contributed by atoms with Crippen LogP contribution in [0.4, 0.5) is 0 Å². The summed E-state index contributed by atoms with van der Waals surface area (Å²) in [5, 5.41) is 7.11. The van der Waals surface area contributed by atoms with Gasteiger partial charge in [0.15, 0.2) is 5.28 Å². The number of rotatable bonds is 4. The Morgan fingerprint density at radius 2 is 2.06 bits per heavy atom. The number of benzene rings is 1. The third-order valence-corrected chi connectivity index (χ3v) is 4.04. The van der Waals surface area contributed by atoms with Crippen LogP contribution in [-0.4, -0.2) is 21.5 Å². The molecule has 5 nitrogen and oxygen atoms in total. The van der Waals surface area contributed by atoms with Crippen molar-refractivity contribution in [2.75, 3.05) is 6.61 Å². The minimum Gasteiger partial charge on any atom is -0.393 e. The number of hydrogen-bond acceptors (Lipinski definition) is 3. The summed E-state index contributed by atoms with van der Waals surface area (Å²) in [5.74, 6) is 0. The van der Waals surface area contributed by atoms with Gasteiger partial charge in [-0.05, 0) is 17.5 Å². The van der Waals surface area contributed by atoms with E-state index in [1.807, 2.05) is 13.0 Å². The molecule has 1 aromatic carbocycles. The Labute approximate surface area is 94.1 Å². The van der Waals surface area contributed by atoms with E-state index in [-0.39, 0.29) is 5.56 Å². The summed E-state index contributed by atoms with van der Waals surface area (Å²) in [6, 6.07) is 6.62. The number of aliphatic hydroxyl groups excluding tert-OH is 1. The van der Waals surface area contributed by atoms with Gasteiger partial charge in [-0.1, -0.05) is 31.2 Å². The summed E-state index contributed by atoms with van der Waals surface area (Å²) in [5.41, 5.74) is 6.77. The van der Waals surface area contributed by atoms with E-state index in [2.05, 4.69) is 0 Å².